The molecule has 6 heteroatoms. The molecule has 1 N–H and O–H groups in total. The van der Waals surface area contributed by atoms with Crippen LogP contribution < -0.4 is 5.32 Å². The van der Waals surface area contributed by atoms with E-state index < -0.39 is 0 Å². The zero-order valence-electron chi connectivity index (χ0n) is 16.9. The minimum atomic E-state index is -0.193. The third-order valence-electron chi connectivity index (χ3n) is 6.19. The molecule has 0 aliphatic carbocycles. The summed E-state index contributed by atoms with van der Waals surface area (Å²) in [7, 11) is 0. The van der Waals surface area contributed by atoms with E-state index in [9.17, 15) is 14.0 Å². The first-order valence-electron chi connectivity index (χ1n) is 10.6. The van der Waals surface area contributed by atoms with Crippen LogP contribution in [0.4, 0.5) is 10.1 Å². The molecule has 0 aromatic heterocycles. The van der Waals surface area contributed by atoms with Gasteiger partial charge in [-0.15, -0.1) is 0 Å². The standard InChI is InChI=1S/C24H26ClFN2O2/c25-21-15-22-18(3-6-24(30)27-22)14-20(21)23(29)9-12-28-10-7-17(8-11-28)13-16-1-4-19(26)5-2-16/h1-2,4-5,14-15,17H,3,6-13H2,(H,27,30). The molecular weight excluding hydrogens is 403 g/mol. The van der Waals surface area contributed by atoms with Crippen molar-refractivity contribution in [3.63, 3.8) is 0 Å². The molecule has 2 aromatic carbocycles. The number of hydrogen-bond donors (Lipinski definition) is 1. The number of anilines is 1. The van der Waals surface area contributed by atoms with Crippen molar-refractivity contribution in [3.8, 4) is 0 Å². The van der Waals surface area contributed by atoms with Gasteiger partial charge in [0.25, 0.3) is 0 Å². The second-order valence-electron chi connectivity index (χ2n) is 8.33. The maximum atomic E-state index is 13.1. The molecule has 1 amide bonds. The van der Waals surface area contributed by atoms with Gasteiger partial charge >= 0.3 is 0 Å². The topological polar surface area (TPSA) is 49.4 Å². The van der Waals surface area contributed by atoms with Gasteiger partial charge < -0.3 is 10.2 Å². The van der Waals surface area contributed by atoms with Crippen LogP contribution in [0.25, 0.3) is 0 Å². The number of likely N-dealkylation sites (tertiary alicyclic amines) is 1. The van der Waals surface area contributed by atoms with Gasteiger partial charge in [-0.05, 0) is 80.1 Å². The fourth-order valence-electron chi connectivity index (χ4n) is 4.38. The molecule has 30 heavy (non-hydrogen) atoms. The highest BCUT2D eigenvalue weighted by Gasteiger charge is 2.22. The van der Waals surface area contributed by atoms with Crippen molar-refractivity contribution in [1.82, 2.24) is 4.90 Å². The summed E-state index contributed by atoms with van der Waals surface area (Å²) in [4.78, 5) is 26.6. The summed E-state index contributed by atoms with van der Waals surface area (Å²) in [5.74, 6) is 0.448. The molecule has 0 saturated carbocycles. The molecule has 4 rings (SSSR count). The molecule has 1 fully saturated rings. The summed E-state index contributed by atoms with van der Waals surface area (Å²) in [6.45, 7) is 2.68. The molecule has 0 bridgehead atoms. The van der Waals surface area contributed by atoms with Crippen molar-refractivity contribution in [3.05, 3.63) is 63.9 Å². The summed E-state index contributed by atoms with van der Waals surface area (Å²) in [6, 6.07) is 10.3. The van der Waals surface area contributed by atoms with Crippen LogP contribution in [0.15, 0.2) is 36.4 Å². The van der Waals surface area contributed by atoms with Crippen molar-refractivity contribution in [1.29, 1.82) is 0 Å². The van der Waals surface area contributed by atoms with Crippen LogP contribution >= 0.6 is 11.6 Å². The number of Topliss-reactive ketones (excluding diaryl/α,β-unsaturated/α-hetero) is 1. The lowest BCUT2D eigenvalue weighted by Gasteiger charge is -2.32. The van der Waals surface area contributed by atoms with Crippen LogP contribution in [0.1, 0.15) is 47.2 Å². The first-order chi connectivity index (χ1) is 14.5. The molecule has 2 aliphatic heterocycles. The van der Waals surface area contributed by atoms with E-state index in [-0.39, 0.29) is 17.5 Å². The lowest BCUT2D eigenvalue weighted by molar-refractivity contribution is -0.116. The van der Waals surface area contributed by atoms with Crippen LogP contribution in [-0.4, -0.2) is 36.2 Å². The number of rotatable bonds is 6. The van der Waals surface area contributed by atoms with Crippen LogP contribution in [-0.2, 0) is 17.6 Å². The number of fused-ring (bicyclic) bond motifs is 1. The first kappa shape index (κ1) is 21.0. The van der Waals surface area contributed by atoms with Crippen molar-refractivity contribution in [2.24, 2.45) is 5.92 Å². The SMILES string of the molecule is O=C1CCc2cc(C(=O)CCN3CCC(Cc4ccc(F)cc4)CC3)c(Cl)cc2N1. The first-order valence-corrected chi connectivity index (χ1v) is 11.0. The van der Waals surface area contributed by atoms with Gasteiger partial charge in [-0.1, -0.05) is 23.7 Å². The third-order valence-corrected chi connectivity index (χ3v) is 6.50. The van der Waals surface area contributed by atoms with E-state index in [1.807, 2.05) is 18.2 Å². The summed E-state index contributed by atoms with van der Waals surface area (Å²) >= 11 is 6.32. The van der Waals surface area contributed by atoms with Gasteiger partial charge in [0.15, 0.2) is 5.78 Å². The molecule has 4 nitrogen and oxygen atoms in total. The van der Waals surface area contributed by atoms with E-state index in [2.05, 4.69) is 10.2 Å². The van der Waals surface area contributed by atoms with E-state index in [1.54, 1.807) is 6.07 Å². The number of carbonyl (C=O) groups excluding carboxylic acids is 2. The molecule has 0 atom stereocenters. The largest absolute Gasteiger partial charge is 0.326 e. The normalized spacial score (nSPS) is 17.5. The number of halogens is 2. The van der Waals surface area contributed by atoms with Gasteiger partial charge in [-0.3, -0.25) is 9.59 Å². The second-order valence-corrected chi connectivity index (χ2v) is 8.73. The van der Waals surface area contributed by atoms with Crippen molar-refractivity contribution >= 4 is 29.0 Å². The number of aryl methyl sites for hydroxylation is 1. The maximum Gasteiger partial charge on any atom is 0.224 e. The Kier molecular flexibility index (Phi) is 6.49. The maximum absolute atomic E-state index is 13.1. The second kappa shape index (κ2) is 9.27. The van der Waals surface area contributed by atoms with Gasteiger partial charge in [-0.2, -0.15) is 0 Å². The Morgan fingerprint density at radius 3 is 2.60 bits per heavy atom. The molecule has 0 spiro atoms. The summed E-state index contributed by atoms with van der Waals surface area (Å²) in [6.07, 6.45) is 4.67. The molecule has 2 aromatic rings. The van der Waals surface area contributed by atoms with Crippen LogP contribution in [0.2, 0.25) is 5.02 Å². The zero-order valence-corrected chi connectivity index (χ0v) is 17.7. The van der Waals surface area contributed by atoms with Gasteiger partial charge in [0.1, 0.15) is 5.82 Å². The zero-order chi connectivity index (χ0) is 21.1. The predicted octanol–water partition coefficient (Wildman–Crippen LogP) is 4.89. The number of nitrogens with zero attached hydrogens (tertiary/aromatic N) is 1. The van der Waals surface area contributed by atoms with E-state index in [0.29, 0.717) is 35.8 Å². The van der Waals surface area contributed by atoms with Gasteiger partial charge in [-0.25, -0.2) is 4.39 Å². The van der Waals surface area contributed by atoms with Crippen LogP contribution in [0.3, 0.4) is 0 Å². The van der Waals surface area contributed by atoms with E-state index in [4.69, 9.17) is 11.6 Å². The summed E-state index contributed by atoms with van der Waals surface area (Å²) in [5.41, 5.74) is 3.43. The fraction of sp³-hybridized carbons (Fsp3) is 0.417. The number of benzene rings is 2. The minimum Gasteiger partial charge on any atom is -0.326 e. The lowest BCUT2D eigenvalue weighted by atomic mass is 9.90. The number of hydrogen-bond acceptors (Lipinski definition) is 3. The molecule has 0 unspecified atom stereocenters. The fourth-order valence-corrected chi connectivity index (χ4v) is 4.65. The van der Waals surface area contributed by atoms with E-state index >= 15 is 0 Å². The molecule has 1 saturated heterocycles. The van der Waals surface area contributed by atoms with Crippen molar-refractivity contribution in [2.75, 3.05) is 25.0 Å². The average molecular weight is 429 g/mol. The van der Waals surface area contributed by atoms with Crippen molar-refractivity contribution in [2.45, 2.75) is 38.5 Å². The number of nitrogens with one attached hydrogen (secondary N) is 1. The predicted molar refractivity (Wildman–Crippen MR) is 117 cm³/mol. The number of carbonyl (C=O) groups is 2. The van der Waals surface area contributed by atoms with Gasteiger partial charge in [0, 0.05) is 30.6 Å². The smallest absolute Gasteiger partial charge is 0.224 e. The molecule has 158 valence electrons. The Morgan fingerprint density at radius 2 is 1.87 bits per heavy atom. The monoisotopic (exact) mass is 428 g/mol. The molecule has 2 aliphatic rings. The van der Waals surface area contributed by atoms with Crippen LogP contribution in [0, 0.1) is 11.7 Å². The highest BCUT2D eigenvalue weighted by Crippen LogP contribution is 2.30. The Balaban J connectivity index is 1.27. The molecular formula is C24H26ClFN2O2. The Bertz CT molecular complexity index is 937. The highest BCUT2D eigenvalue weighted by molar-refractivity contribution is 6.34. The van der Waals surface area contributed by atoms with Gasteiger partial charge in [0.2, 0.25) is 5.91 Å². The minimum absolute atomic E-state index is 0.0135. The molecule has 0 radical (unpaired) electrons. The lowest BCUT2D eigenvalue weighted by Crippen LogP contribution is -2.35. The number of piperidine rings is 1. The Hall–Kier alpha value is -2.24. The highest BCUT2D eigenvalue weighted by atomic mass is 35.5. The van der Waals surface area contributed by atoms with Crippen LogP contribution in [0.5, 0.6) is 0 Å². The number of amides is 1. The van der Waals surface area contributed by atoms with Crippen molar-refractivity contribution < 1.29 is 14.0 Å². The van der Waals surface area contributed by atoms with E-state index in [1.165, 1.54) is 17.7 Å². The average Bonchev–Trinajstić information content (AvgIpc) is 2.74. The van der Waals surface area contributed by atoms with Gasteiger partial charge in [0.05, 0.1) is 5.02 Å². The quantitative estimate of drug-likeness (QED) is 0.666. The summed E-state index contributed by atoms with van der Waals surface area (Å²) in [5, 5.41) is 3.22. The Morgan fingerprint density at radius 1 is 1.13 bits per heavy atom. The Labute approximate surface area is 181 Å². The number of ketones is 1. The summed E-state index contributed by atoms with van der Waals surface area (Å²) < 4.78 is 13.1. The molecule has 2 heterocycles. The van der Waals surface area contributed by atoms with E-state index in [0.717, 1.165) is 50.1 Å². The third kappa shape index (κ3) is 5.08.